The van der Waals surface area contributed by atoms with E-state index < -0.39 is 0 Å². The standard InChI is InChI=1S/C28H7B10N3O/c29-16-14(17(30)21(34)24(37)20(16)33)27-39-26(40-28(41-27)15-18(31)22(35)25(38)23(36)19(15)32)10-6-4-8-12-13(10)9-5-2-1-3-7-11(9)42-12/h1,3-4,6-9H. The number of nitrogens with zero attached hydrogens (tertiary/aromatic N) is 3. The van der Waals surface area contributed by atoms with E-state index in [1.165, 1.54) is 0 Å². The molecule has 0 saturated carbocycles. The van der Waals surface area contributed by atoms with Gasteiger partial charge >= 0.3 is 0 Å². The molecule has 6 rings (SSSR count). The Morgan fingerprint density at radius 3 is 1.60 bits per heavy atom. The van der Waals surface area contributed by atoms with Gasteiger partial charge in [-0.3, -0.25) is 0 Å². The molecule has 2 aliphatic rings. The highest BCUT2D eigenvalue weighted by atomic mass is 16.5. The van der Waals surface area contributed by atoms with Crippen molar-refractivity contribution in [1.29, 1.82) is 0 Å². The lowest BCUT2D eigenvalue weighted by Gasteiger charge is -2.23. The molecule has 1 atom stereocenters. The van der Waals surface area contributed by atoms with Gasteiger partial charge in [0, 0.05) is 22.3 Å². The van der Waals surface area contributed by atoms with Crippen molar-refractivity contribution in [2.45, 2.75) is 5.92 Å². The number of fused-ring (bicyclic) bond motifs is 3. The predicted octanol–water partition coefficient (Wildman–Crippen LogP) is -6.26. The molecule has 42 heavy (non-hydrogen) atoms. The molecule has 0 fully saturated rings. The molecule has 0 N–H and O–H groups in total. The molecule has 0 spiro atoms. The van der Waals surface area contributed by atoms with Gasteiger partial charge in [-0.15, -0.1) is 32.8 Å². The molecule has 0 saturated heterocycles. The van der Waals surface area contributed by atoms with E-state index in [4.69, 9.17) is 93.2 Å². The fourth-order valence-corrected chi connectivity index (χ4v) is 4.95. The summed E-state index contributed by atoms with van der Waals surface area (Å²) in [6, 6.07) is 5.46. The van der Waals surface area contributed by atoms with Crippen LogP contribution < -0.4 is 59.4 Å². The van der Waals surface area contributed by atoms with Crippen LogP contribution >= 0.6 is 0 Å². The molecule has 1 aromatic heterocycles. The van der Waals surface area contributed by atoms with E-state index in [0.29, 0.717) is 17.1 Å². The van der Waals surface area contributed by atoms with E-state index in [-0.39, 0.29) is 89.1 Å². The first-order valence-corrected chi connectivity index (χ1v) is 12.5. The average Bonchev–Trinajstić information content (AvgIpc) is 3.18. The Balaban J connectivity index is 1.70. The molecule has 1 aliphatic carbocycles. The SMILES string of the molecule is [B]c1c([B])c([B])c(-c2nc(-c3cccc4c3C3C#CC=CC=C3O4)nc(-c3c([B])c([B])c([B])c([B])c3[B])n2)c([B])c1[B]. The first-order chi connectivity index (χ1) is 20.0. The second-order valence-electron chi connectivity index (χ2n) is 9.66. The van der Waals surface area contributed by atoms with Gasteiger partial charge in [0.25, 0.3) is 0 Å². The first-order valence-electron chi connectivity index (χ1n) is 12.5. The zero-order valence-electron chi connectivity index (χ0n) is 22.1. The Labute approximate surface area is 257 Å². The monoisotopic (exact) mass is 511 g/mol. The van der Waals surface area contributed by atoms with E-state index >= 15 is 0 Å². The zero-order valence-corrected chi connectivity index (χ0v) is 22.1. The van der Waals surface area contributed by atoms with Crippen molar-refractivity contribution in [2.24, 2.45) is 0 Å². The van der Waals surface area contributed by atoms with Gasteiger partial charge in [-0.1, -0.05) is 51.9 Å². The fraction of sp³-hybridized carbons (Fsp3) is 0.0357. The molecule has 3 aromatic carbocycles. The molecule has 0 bridgehead atoms. The number of hydrogen-bond donors (Lipinski definition) is 0. The average molecular weight is 510 g/mol. The number of hydrogen-bond acceptors (Lipinski definition) is 4. The van der Waals surface area contributed by atoms with Crippen molar-refractivity contribution >= 4 is 133 Å². The minimum atomic E-state index is -0.384. The topological polar surface area (TPSA) is 47.9 Å². The van der Waals surface area contributed by atoms with Crippen molar-refractivity contribution < 1.29 is 4.74 Å². The summed E-state index contributed by atoms with van der Waals surface area (Å²) in [6.07, 6.45) is 5.39. The maximum Gasteiger partial charge on any atom is 0.164 e. The smallest absolute Gasteiger partial charge is 0.164 e. The van der Waals surface area contributed by atoms with Crippen molar-refractivity contribution in [2.75, 3.05) is 0 Å². The highest BCUT2D eigenvalue weighted by molar-refractivity contribution is 6.69. The quantitative estimate of drug-likeness (QED) is 0.204. The van der Waals surface area contributed by atoms with Crippen LogP contribution in [0.1, 0.15) is 11.5 Å². The lowest BCUT2D eigenvalue weighted by molar-refractivity contribution is 0.440. The van der Waals surface area contributed by atoms with E-state index in [1.54, 1.807) is 12.1 Å². The number of rotatable bonds is 3. The van der Waals surface area contributed by atoms with Crippen molar-refractivity contribution in [3.05, 3.63) is 47.7 Å². The number of ether oxygens (including phenoxy) is 1. The molecular weight excluding hydrogens is 502 g/mol. The summed E-state index contributed by atoms with van der Waals surface area (Å²) >= 11 is 0. The van der Waals surface area contributed by atoms with Crippen LogP contribution in [0.4, 0.5) is 0 Å². The number of aromatic nitrogens is 3. The third kappa shape index (κ3) is 4.28. The maximum absolute atomic E-state index is 6.39. The van der Waals surface area contributed by atoms with E-state index in [0.717, 1.165) is 5.56 Å². The van der Waals surface area contributed by atoms with Crippen LogP contribution in [0.25, 0.3) is 34.2 Å². The zero-order chi connectivity index (χ0) is 30.0. The highest BCUT2D eigenvalue weighted by Gasteiger charge is 2.33. The van der Waals surface area contributed by atoms with Gasteiger partial charge < -0.3 is 4.74 Å². The van der Waals surface area contributed by atoms with E-state index in [1.807, 2.05) is 24.3 Å². The molecule has 14 heteroatoms. The summed E-state index contributed by atoms with van der Waals surface area (Å²) < 4.78 is 6.11. The highest BCUT2D eigenvalue weighted by Crippen LogP contribution is 2.45. The van der Waals surface area contributed by atoms with Crippen LogP contribution in [-0.4, -0.2) is 93.4 Å². The van der Waals surface area contributed by atoms with Gasteiger partial charge in [-0.05, 0) is 18.2 Å². The third-order valence-corrected chi connectivity index (χ3v) is 7.26. The molecule has 4 nitrogen and oxygen atoms in total. The minimum absolute atomic E-state index is 0.0112. The normalized spacial score (nSPS) is 14.7. The van der Waals surface area contributed by atoms with Gasteiger partial charge in [-0.2, -0.15) is 0 Å². The van der Waals surface area contributed by atoms with Gasteiger partial charge in [0.2, 0.25) is 0 Å². The lowest BCUT2D eigenvalue weighted by atomic mass is 9.60. The molecule has 1 aliphatic heterocycles. The second kappa shape index (κ2) is 10.5. The van der Waals surface area contributed by atoms with E-state index in [9.17, 15) is 0 Å². The molecule has 20 radical (unpaired) electrons. The Morgan fingerprint density at radius 2 is 1.07 bits per heavy atom. The van der Waals surface area contributed by atoms with Crippen molar-refractivity contribution in [1.82, 2.24) is 15.0 Å². The Kier molecular flexibility index (Phi) is 7.04. The summed E-state index contributed by atoms with van der Waals surface area (Å²) in [4.78, 5) is 14.1. The minimum Gasteiger partial charge on any atom is -0.460 e. The molecule has 4 aromatic rings. The van der Waals surface area contributed by atoms with Gasteiger partial charge in [0.15, 0.2) is 17.5 Å². The lowest BCUT2D eigenvalue weighted by Crippen LogP contribution is -2.55. The Bertz CT molecular complexity index is 1850. The van der Waals surface area contributed by atoms with Gasteiger partial charge in [0.05, 0.1) is 0 Å². The number of allylic oxidation sites excluding steroid dienone is 4. The van der Waals surface area contributed by atoms with Crippen LogP contribution in [0.15, 0.2) is 42.2 Å². The van der Waals surface area contributed by atoms with Gasteiger partial charge in [0.1, 0.15) is 95.9 Å². The van der Waals surface area contributed by atoms with Crippen LogP contribution in [-0.2, 0) is 0 Å². The number of benzene rings is 3. The molecule has 170 valence electrons. The second-order valence-corrected chi connectivity index (χ2v) is 9.66. The van der Waals surface area contributed by atoms with Crippen molar-refractivity contribution in [3.8, 4) is 51.8 Å². The summed E-state index contributed by atoms with van der Waals surface area (Å²) in [6.45, 7) is 0. The van der Waals surface area contributed by atoms with Crippen LogP contribution in [0.3, 0.4) is 0 Å². The third-order valence-electron chi connectivity index (χ3n) is 7.26. The molecular formula is C28H7B10N3O. The fourth-order valence-electron chi connectivity index (χ4n) is 4.95. The molecule has 1 unspecified atom stereocenters. The molecule has 2 heterocycles. The van der Waals surface area contributed by atoms with E-state index in [2.05, 4.69) is 16.8 Å². The van der Waals surface area contributed by atoms with Crippen LogP contribution in [0.5, 0.6) is 5.75 Å². The summed E-state index contributed by atoms with van der Waals surface area (Å²) in [7, 11) is 62.3. The summed E-state index contributed by atoms with van der Waals surface area (Å²) in [5.74, 6) is 7.31. The Morgan fingerprint density at radius 1 is 0.595 bits per heavy atom. The first kappa shape index (κ1) is 28.3. The Hall–Kier alpha value is -3.84. The summed E-state index contributed by atoms with van der Waals surface area (Å²) in [5, 5.41) is 0. The summed E-state index contributed by atoms with van der Waals surface area (Å²) in [5.41, 5.74) is 1.84. The van der Waals surface area contributed by atoms with Crippen LogP contribution in [0, 0.1) is 11.8 Å². The van der Waals surface area contributed by atoms with Gasteiger partial charge in [-0.25, -0.2) is 15.0 Å². The van der Waals surface area contributed by atoms with Crippen molar-refractivity contribution in [3.63, 3.8) is 0 Å². The van der Waals surface area contributed by atoms with Crippen LogP contribution in [0.2, 0.25) is 0 Å². The predicted molar refractivity (Wildman–Crippen MR) is 178 cm³/mol. The molecule has 0 amide bonds. The maximum atomic E-state index is 6.39. The largest absolute Gasteiger partial charge is 0.460 e.